The van der Waals surface area contributed by atoms with Gasteiger partial charge in [-0.05, 0) is 30.5 Å². The first kappa shape index (κ1) is 16.1. The summed E-state index contributed by atoms with van der Waals surface area (Å²) >= 11 is 0. The summed E-state index contributed by atoms with van der Waals surface area (Å²) in [5.74, 6) is -0.619. The summed E-state index contributed by atoms with van der Waals surface area (Å²) in [6.07, 6.45) is 1.97. The van der Waals surface area contributed by atoms with Gasteiger partial charge in [-0.1, -0.05) is 25.1 Å². The molecule has 0 aliphatic heterocycles. The lowest BCUT2D eigenvalue weighted by Crippen LogP contribution is -2.14. The van der Waals surface area contributed by atoms with Gasteiger partial charge in [-0.25, -0.2) is 13.2 Å². The van der Waals surface area contributed by atoms with Crippen LogP contribution in [0.2, 0.25) is 0 Å². The van der Waals surface area contributed by atoms with Crippen LogP contribution in [0.25, 0.3) is 0 Å². The van der Waals surface area contributed by atoms with Crippen LogP contribution in [0.15, 0.2) is 35.4 Å². The molecule has 0 aliphatic rings. The van der Waals surface area contributed by atoms with Crippen LogP contribution >= 0.6 is 0 Å². The second-order valence-electron chi connectivity index (χ2n) is 4.81. The Morgan fingerprint density at radius 1 is 1.36 bits per heavy atom. The third-order valence-corrected chi connectivity index (χ3v) is 4.68. The lowest BCUT2D eigenvalue weighted by Gasteiger charge is -2.13. The molecule has 0 amide bonds. The summed E-state index contributed by atoms with van der Waals surface area (Å²) < 4.78 is 32.1. The van der Waals surface area contributed by atoms with Crippen molar-refractivity contribution in [3.63, 3.8) is 0 Å². The molecule has 0 saturated heterocycles. The fourth-order valence-electron chi connectivity index (χ4n) is 2.12. The monoisotopic (exact) mass is 322 g/mol. The lowest BCUT2D eigenvalue weighted by molar-refractivity contribution is 0.0595. The largest absolute Gasteiger partial charge is 0.464 e. The SMILES string of the molecule is CCc1cccc(C)c1NS(=O)(=O)c1c[nH]c(C(=O)OC)c1. The Hall–Kier alpha value is -2.28. The molecule has 0 atom stereocenters. The van der Waals surface area contributed by atoms with E-state index in [0.29, 0.717) is 12.1 Å². The summed E-state index contributed by atoms with van der Waals surface area (Å²) in [6.45, 7) is 3.80. The predicted molar refractivity (Wildman–Crippen MR) is 83.5 cm³/mol. The number of benzene rings is 1. The van der Waals surface area contributed by atoms with Crippen molar-refractivity contribution in [2.75, 3.05) is 11.8 Å². The second kappa shape index (κ2) is 6.23. The molecular formula is C15H18N2O4S. The number of anilines is 1. The van der Waals surface area contributed by atoms with Gasteiger partial charge in [-0.2, -0.15) is 0 Å². The quantitative estimate of drug-likeness (QED) is 0.828. The minimum absolute atomic E-state index is 0.0155. The molecule has 22 heavy (non-hydrogen) atoms. The summed E-state index contributed by atoms with van der Waals surface area (Å²) in [4.78, 5) is 14.0. The number of sulfonamides is 1. The maximum atomic E-state index is 12.5. The summed E-state index contributed by atoms with van der Waals surface area (Å²) in [7, 11) is -2.55. The van der Waals surface area contributed by atoms with Crippen molar-refractivity contribution in [3.8, 4) is 0 Å². The average molecular weight is 322 g/mol. The number of aryl methyl sites for hydroxylation is 2. The van der Waals surface area contributed by atoms with Crippen LogP contribution in [0.5, 0.6) is 0 Å². The third-order valence-electron chi connectivity index (χ3n) is 3.35. The van der Waals surface area contributed by atoms with E-state index < -0.39 is 16.0 Å². The number of aromatic amines is 1. The molecule has 0 saturated carbocycles. The van der Waals surface area contributed by atoms with Gasteiger partial charge in [0.25, 0.3) is 10.0 Å². The van der Waals surface area contributed by atoms with Gasteiger partial charge in [-0.15, -0.1) is 0 Å². The minimum atomic E-state index is -3.78. The number of hydrogen-bond acceptors (Lipinski definition) is 4. The van der Waals surface area contributed by atoms with Crippen molar-refractivity contribution in [3.05, 3.63) is 47.3 Å². The van der Waals surface area contributed by atoms with Gasteiger partial charge in [0.1, 0.15) is 10.6 Å². The van der Waals surface area contributed by atoms with Gasteiger partial charge in [0.05, 0.1) is 12.8 Å². The van der Waals surface area contributed by atoms with E-state index in [1.807, 2.05) is 32.0 Å². The molecule has 0 bridgehead atoms. The Balaban J connectivity index is 2.36. The molecule has 0 spiro atoms. The zero-order chi connectivity index (χ0) is 16.3. The van der Waals surface area contributed by atoms with Gasteiger partial charge < -0.3 is 9.72 Å². The van der Waals surface area contributed by atoms with E-state index >= 15 is 0 Å². The van der Waals surface area contributed by atoms with Crippen LogP contribution in [0.1, 0.15) is 28.5 Å². The molecular weight excluding hydrogens is 304 g/mol. The molecule has 2 N–H and O–H groups in total. The number of carbonyl (C=O) groups excluding carboxylic acids is 1. The topological polar surface area (TPSA) is 88.3 Å². The third kappa shape index (κ3) is 3.14. The molecule has 1 heterocycles. The number of carbonyl (C=O) groups is 1. The fraction of sp³-hybridized carbons (Fsp3) is 0.267. The number of ether oxygens (including phenoxy) is 1. The van der Waals surface area contributed by atoms with Crippen LogP contribution in [-0.2, 0) is 21.2 Å². The van der Waals surface area contributed by atoms with Crippen LogP contribution < -0.4 is 4.72 Å². The maximum Gasteiger partial charge on any atom is 0.354 e. The predicted octanol–water partition coefficient (Wildman–Crippen LogP) is 2.47. The van der Waals surface area contributed by atoms with Gasteiger partial charge in [-0.3, -0.25) is 4.72 Å². The van der Waals surface area contributed by atoms with Crippen LogP contribution in [0.3, 0.4) is 0 Å². The average Bonchev–Trinajstić information content (AvgIpc) is 2.99. The first-order chi connectivity index (χ1) is 10.4. The van der Waals surface area contributed by atoms with Crippen molar-refractivity contribution in [1.29, 1.82) is 0 Å². The first-order valence-electron chi connectivity index (χ1n) is 6.77. The van der Waals surface area contributed by atoms with Gasteiger partial charge in [0.2, 0.25) is 0 Å². The Bertz CT molecular complexity index is 794. The minimum Gasteiger partial charge on any atom is -0.464 e. The molecule has 0 radical (unpaired) electrons. The Morgan fingerprint density at radius 2 is 2.09 bits per heavy atom. The number of aromatic nitrogens is 1. The van der Waals surface area contributed by atoms with E-state index in [-0.39, 0.29) is 10.6 Å². The molecule has 2 rings (SSSR count). The van der Waals surface area contributed by atoms with Crippen molar-refractivity contribution in [2.45, 2.75) is 25.2 Å². The van der Waals surface area contributed by atoms with Gasteiger partial charge >= 0.3 is 5.97 Å². The van der Waals surface area contributed by atoms with Crippen LogP contribution in [0, 0.1) is 6.92 Å². The van der Waals surface area contributed by atoms with Crippen molar-refractivity contribution in [1.82, 2.24) is 4.98 Å². The number of H-pyrrole nitrogens is 1. The maximum absolute atomic E-state index is 12.5. The number of methoxy groups -OCH3 is 1. The fourth-order valence-corrected chi connectivity index (χ4v) is 3.29. The normalized spacial score (nSPS) is 11.2. The zero-order valence-corrected chi connectivity index (χ0v) is 13.5. The smallest absolute Gasteiger partial charge is 0.354 e. The number of esters is 1. The number of hydrogen-bond donors (Lipinski definition) is 2. The number of para-hydroxylation sites is 1. The number of nitrogens with one attached hydrogen (secondary N) is 2. The van der Waals surface area contributed by atoms with E-state index in [4.69, 9.17) is 0 Å². The van der Waals surface area contributed by atoms with E-state index in [9.17, 15) is 13.2 Å². The van der Waals surface area contributed by atoms with Gasteiger partial charge in [0, 0.05) is 6.20 Å². The highest BCUT2D eigenvalue weighted by Crippen LogP contribution is 2.24. The molecule has 0 unspecified atom stereocenters. The molecule has 0 fully saturated rings. The molecule has 1 aromatic heterocycles. The lowest BCUT2D eigenvalue weighted by atomic mass is 10.1. The first-order valence-corrected chi connectivity index (χ1v) is 8.25. The highest BCUT2D eigenvalue weighted by Gasteiger charge is 2.20. The Labute approximate surface area is 129 Å². The van der Waals surface area contributed by atoms with E-state index in [1.54, 1.807) is 0 Å². The standard InChI is InChI=1S/C15H18N2O4S/c1-4-11-7-5-6-10(2)14(11)17-22(19,20)12-8-13(16-9-12)15(18)21-3/h5-9,16-17H,4H2,1-3H3. The van der Waals surface area contributed by atoms with Gasteiger partial charge in [0.15, 0.2) is 0 Å². The van der Waals surface area contributed by atoms with Crippen molar-refractivity contribution >= 4 is 21.7 Å². The van der Waals surface area contributed by atoms with E-state index in [2.05, 4.69) is 14.4 Å². The van der Waals surface area contributed by atoms with Crippen LogP contribution in [-0.4, -0.2) is 26.5 Å². The van der Waals surface area contributed by atoms with E-state index in [0.717, 1.165) is 11.1 Å². The Kier molecular flexibility index (Phi) is 4.56. The molecule has 0 aliphatic carbocycles. The van der Waals surface area contributed by atoms with E-state index in [1.165, 1.54) is 19.4 Å². The summed E-state index contributed by atoms with van der Waals surface area (Å²) in [5, 5.41) is 0. The highest BCUT2D eigenvalue weighted by atomic mass is 32.2. The molecule has 6 nitrogen and oxygen atoms in total. The van der Waals surface area contributed by atoms with Crippen molar-refractivity contribution in [2.24, 2.45) is 0 Å². The highest BCUT2D eigenvalue weighted by molar-refractivity contribution is 7.92. The Morgan fingerprint density at radius 3 is 2.73 bits per heavy atom. The van der Waals surface area contributed by atoms with Crippen LogP contribution in [0.4, 0.5) is 5.69 Å². The zero-order valence-electron chi connectivity index (χ0n) is 12.6. The molecule has 7 heteroatoms. The summed E-state index contributed by atoms with van der Waals surface area (Å²) in [5.41, 5.74) is 2.41. The second-order valence-corrected chi connectivity index (χ2v) is 6.49. The summed E-state index contributed by atoms with van der Waals surface area (Å²) in [6, 6.07) is 6.85. The molecule has 118 valence electrons. The number of rotatable bonds is 5. The molecule has 1 aromatic carbocycles. The molecule has 2 aromatic rings. The van der Waals surface area contributed by atoms with Crippen molar-refractivity contribution < 1.29 is 17.9 Å².